The largest absolute Gasteiger partial charge is 0.371 e. The number of aryl methyl sites for hydroxylation is 2. The van der Waals surface area contributed by atoms with E-state index in [9.17, 15) is 8.42 Å². The van der Waals surface area contributed by atoms with Gasteiger partial charge in [0.1, 0.15) is 0 Å². The second-order valence-electron chi connectivity index (χ2n) is 6.53. The average molecular weight is 344 g/mol. The normalized spacial score (nSPS) is 18.1. The molecule has 1 fully saturated rings. The minimum absolute atomic E-state index is 0.339. The highest BCUT2D eigenvalue weighted by molar-refractivity contribution is 7.89. The summed E-state index contributed by atoms with van der Waals surface area (Å²) in [5.74, 6) is 0.339. The summed E-state index contributed by atoms with van der Waals surface area (Å²) >= 11 is 0. The molecule has 2 aromatic carbocycles. The van der Waals surface area contributed by atoms with E-state index in [0.29, 0.717) is 17.4 Å². The van der Waals surface area contributed by atoms with E-state index in [2.05, 4.69) is 21.8 Å². The van der Waals surface area contributed by atoms with Crippen molar-refractivity contribution in [2.24, 2.45) is 5.92 Å². The lowest BCUT2D eigenvalue weighted by molar-refractivity contribution is 0.541. The van der Waals surface area contributed by atoms with E-state index in [4.69, 9.17) is 0 Å². The van der Waals surface area contributed by atoms with Crippen LogP contribution in [0.2, 0.25) is 0 Å². The lowest BCUT2D eigenvalue weighted by Crippen LogP contribution is -2.31. The molecule has 1 atom stereocenters. The van der Waals surface area contributed by atoms with Gasteiger partial charge in [0, 0.05) is 25.3 Å². The molecule has 0 saturated carbocycles. The van der Waals surface area contributed by atoms with E-state index in [1.165, 1.54) is 5.69 Å². The molecule has 1 N–H and O–H groups in total. The van der Waals surface area contributed by atoms with Gasteiger partial charge in [0.2, 0.25) is 10.0 Å². The third kappa shape index (κ3) is 3.79. The number of hydrogen-bond donors (Lipinski definition) is 1. The number of rotatable bonds is 5. The lowest BCUT2D eigenvalue weighted by atomic mass is 10.1. The van der Waals surface area contributed by atoms with E-state index in [1.807, 2.05) is 38.1 Å². The van der Waals surface area contributed by atoms with Crippen LogP contribution in [0.3, 0.4) is 0 Å². The maximum Gasteiger partial charge on any atom is 0.240 e. The maximum absolute atomic E-state index is 12.5. The Balaban J connectivity index is 1.60. The van der Waals surface area contributed by atoms with E-state index < -0.39 is 10.0 Å². The van der Waals surface area contributed by atoms with E-state index in [1.54, 1.807) is 12.1 Å². The molecule has 0 aliphatic carbocycles. The first-order valence-electron chi connectivity index (χ1n) is 8.32. The van der Waals surface area contributed by atoms with Crippen LogP contribution in [0.1, 0.15) is 17.5 Å². The molecule has 5 heteroatoms. The highest BCUT2D eigenvalue weighted by Gasteiger charge is 2.24. The van der Waals surface area contributed by atoms with Crippen LogP contribution < -0.4 is 9.62 Å². The minimum atomic E-state index is -3.44. The number of para-hydroxylation sites is 1. The van der Waals surface area contributed by atoms with Crippen LogP contribution in [0, 0.1) is 19.8 Å². The van der Waals surface area contributed by atoms with Crippen molar-refractivity contribution in [1.29, 1.82) is 0 Å². The van der Waals surface area contributed by atoms with Crippen molar-refractivity contribution in [3.63, 3.8) is 0 Å². The number of nitrogens with one attached hydrogen (secondary N) is 1. The van der Waals surface area contributed by atoms with Crippen molar-refractivity contribution in [2.75, 3.05) is 24.5 Å². The zero-order valence-corrected chi connectivity index (χ0v) is 15.0. The van der Waals surface area contributed by atoms with Gasteiger partial charge >= 0.3 is 0 Å². The Bertz CT molecular complexity index is 803. The zero-order valence-electron chi connectivity index (χ0n) is 14.2. The third-order valence-corrected chi connectivity index (χ3v) is 6.18. The van der Waals surface area contributed by atoms with Crippen LogP contribution in [0.5, 0.6) is 0 Å². The van der Waals surface area contributed by atoms with Crippen molar-refractivity contribution >= 4 is 15.7 Å². The van der Waals surface area contributed by atoms with Crippen LogP contribution in [0.4, 0.5) is 5.69 Å². The molecule has 2 aromatic rings. The number of sulfonamides is 1. The fourth-order valence-electron chi connectivity index (χ4n) is 3.06. The maximum atomic E-state index is 12.5. The molecular weight excluding hydrogens is 320 g/mol. The summed E-state index contributed by atoms with van der Waals surface area (Å²) < 4.78 is 27.7. The summed E-state index contributed by atoms with van der Waals surface area (Å²) in [5, 5.41) is 0. The van der Waals surface area contributed by atoms with Crippen LogP contribution in [0.15, 0.2) is 53.4 Å². The molecule has 1 aliphatic rings. The van der Waals surface area contributed by atoms with E-state index >= 15 is 0 Å². The van der Waals surface area contributed by atoms with Gasteiger partial charge in [-0.15, -0.1) is 0 Å². The van der Waals surface area contributed by atoms with Gasteiger partial charge in [-0.25, -0.2) is 13.1 Å². The predicted octanol–water partition coefficient (Wildman–Crippen LogP) is 3.11. The SMILES string of the molecule is Cc1ccc(S(=O)(=O)NCC2CCN(c3ccccc3)C2)cc1C. The van der Waals surface area contributed by atoms with Crippen molar-refractivity contribution in [1.82, 2.24) is 4.72 Å². The Hall–Kier alpha value is -1.85. The first kappa shape index (κ1) is 17.0. The van der Waals surface area contributed by atoms with Crippen molar-refractivity contribution in [2.45, 2.75) is 25.2 Å². The summed E-state index contributed by atoms with van der Waals surface area (Å²) in [5.41, 5.74) is 3.30. The monoisotopic (exact) mass is 344 g/mol. The minimum Gasteiger partial charge on any atom is -0.371 e. The quantitative estimate of drug-likeness (QED) is 0.907. The highest BCUT2D eigenvalue weighted by atomic mass is 32.2. The first-order valence-corrected chi connectivity index (χ1v) is 9.81. The van der Waals surface area contributed by atoms with Gasteiger partial charge in [0.05, 0.1) is 4.90 Å². The molecule has 1 aliphatic heterocycles. The zero-order chi connectivity index (χ0) is 17.2. The fraction of sp³-hybridized carbons (Fsp3) is 0.368. The van der Waals surface area contributed by atoms with Gasteiger partial charge < -0.3 is 4.90 Å². The fourth-order valence-corrected chi connectivity index (χ4v) is 4.27. The Morgan fingerprint density at radius 1 is 1.08 bits per heavy atom. The molecule has 1 heterocycles. The van der Waals surface area contributed by atoms with Gasteiger partial charge in [-0.1, -0.05) is 24.3 Å². The third-order valence-electron chi connectivity index (χ3n) is 4.76. The number of anilines is 1. The summed E-state index contributed by atoms with van der Waals surface area (Å²) in [7, 11) is -3.44. The Labute approximate surface area is 144 Å². The Kier molecular flexibility index (Phi) is 4.92. The van der Waals surface area contributed by atoms with Gasteiger partial charge in [0.25, 0.3) is 0 Å². The summed E-state index contributed by atoms with van der Waals surface area (Å²) in [4.78, 5) is 2.66. The van der Waals surface area contributed by atoms with Gasteiger partial charge in [-0.05, 0) is 61.6 Å². The second-order valence-corrected chi connectivity index (χ2v) is 8.30. The van der Waals surface area contributed by atoms with Crippen LogP contribution >= 0.6 is 0 Å². The molecule has 0 bridgehead atoms. The molecule has 0 amide bonds. The smallest absolute Gasteiger partial charge is 0.240 e. The van der Waals surface area contributed by atoms with Gasteiger partial charge in [-0.2, -0.15) is 0 Å². The van der Waals surface area contributed by atoms with Crippen molar-refractivity contribution < 1.29 is 8.42 Å². The molecule has 0 radical (unpaired) electrons. The highest BCUT2D eigenvalue weighted by Crippen LogP contribution is 2.23. The van der Waals surface area contributed by atoms with Crippen molar-refractivity contribution in [3.8, 4) is 0 Å². The summed E-state index contributed by atoms with van der Waals surface area (Å²) in [6, 6.07) is 15.5. The number of benzene rings is 2. The van der Waals surface area contributed by atoms with Crippen LogP contribution in [0.25, 0.3) is 0 Å². The first-order chi connectivity index (χ1) is 11.5. The molecule has 128 valence electrons. The molecule has 24 heavy (non-hydrogen) atoms. The van der Waals surface area contributed by atoms with E-state index in [0.717, 1.165) is 30.6 Å². The molecule has 0 spiro atoms. The number of nitrogens with zero attached hydrogens (tertiary/aromatic N) is 1. The Morgan fingerprint density at radius 3 is 2.54 bits per heavy atom. The second kappa shape index (κ2) is 6.95. The van der Waals surface area contributed by atoms with Crippen LogP contribution in [-0.2, 0) is 10.0 Å². The molecule has 3 rings (SSSR count). The summed E-state index contributed by atoms with van der Waals surface area (Å²) in [6.07, 6.45) is 1.00. The molecule has 1 unspecified atom stereocenters. The lowest BCUT2D eigenvalue weighted by Gasteiger charge is -2.18. The van der Waals surface area contributed by atoms with Gasteiger partial charge in [-0.3, -0.25) is 0 Å². The Morgan fingerprint density at radius 2 is 1.83 bits per heavy atom. The van der Waals surface area contributed by atoms with Crippen molar-refractivity contribution in [3.05, 3.63) is 59.7 Å². The molecular formula is C19H24N2O2S. The molecule has 0 aromatic heterocycles. The van der Waals surface area contributed by atoms with E-state index in [-0.39, 0.29) is 0 Å². The topological polar surface area (TPSA) is 49.4 Å². The molecule has 1 saturated heterocycles. The van der Waals surface area contributed by atoms with Gasteiger partial charge in [0.15, 0.2) is 0 Å². The standard InChI is InChI=1S/C19H24N2O2S/c1-15-8-9-19(12-16(15)2)24(22,23)20-13-17-10-11-21(14-17)18-6-4-3-5-7-18/h3-9,12,17,20H,10-11,13-14H2,1-2H3. The summed E-state index contributed by atoms with van der Waals surface area (Å²) in [6.45, 7) is 6.26. The number of hydrogen-bond acceptors (Lipinski definition) is 3. The average Bonchev–Trinajstić information content (AvgIpc) is 3.05. The molecule has 4 nitrogen and oxygen atoms in total. The predicted molar refractivity (Wildman–Crippen MR) is 97.9 cm³/mol. The van der Waals surface area contributed by atoms with Crippen LogP contribution in [-0.4, -0.2) is 28.1 Å².